The third-order valence-electron chi connectivity index (χ3n) is 21.7. The van der Waals surface area contributed by atoms with Crippen molar-refractivity contribution in [2.45, 2.75) is 187 Å². The van der Waals surface area contributed by atoms with E-state index in [-0.39, 0.29) is 41.2 Å². The number of carbonyl (C=O) groups excluding carboxylic acids is 7. The molecule has 36 nitrogen and oxygen atoms in total. The average Bonchev–Trinajstić information content (AvgIpc) is 0.770. The quantitative estimate of drug-likeness (QED) is 0.0503. The van der Waals surface area contributed by atoms with Crippen LogP contribution in [0.5, 0.6) is 69.0 Å². The standard InChI is InChI=1S/C83H90Cl2N8O28/c1-3-4-5-6-7-8-9-10-11-12-58(100)88-67-71(104)69(102)56(33-94)119-82(67)121-74-54-27-39-28-55(74)117-51-22-17-38(25-46(51)84)68(101)66-80(112)92-65(81(113)114)44-29-40(96)30-53(118-83-73(106)72(105)70(103)57(34-95)120-83)59(44)43-24-36(15-20-48(43)97)62(77(109)93-66)89-78(110)63(39)90-79(111)64-45-31-42(32-50(99)60(45)85)116-52-26-37(16-21-49(52)98)61(86-2)76(108)87-47(75(107)91-64)23-35-13-18-41(115-54)19-14-35/h13-22,24-32,47,56-57,61-73,82-83,86,94-99,101-106H,3-12,23,33-34H2,1-2H3,(H,87,108)(H,88,100)(H,89,110)(H,90,111)(H,91,107)(H,92,112)(H,93,109)(H,113,114)/t47-,56-,57-,61+,62-,63-,64+,65+,66+,67-,68-,69-,70-,71-,72+,73+,82+,83+/m1/s1. The van der Waals surface area contributed by atoms with E-state index in [2.05, 4.69) is 49.5 Å². The van der Waals surface area contributed by atoms with Crippen molar-refractivity contribution in [1.29, 1.82) is 0 Å². The minimum atomic E-state index is -2.42. The monoisotopic (exact) mass is 1720 g/mol. The van der Waals surface area contributed by atoms with E-state index in [1.54, 1.807) is 0 Å². The molecule has 0 aromatic heterocycles. The van der Waals surface area contributed by atoms with Crippen molar-refractivity contribution in [1.82, 2.24) is 42.5 Å². The number of carbonyl (C=O) groups is 8. The SMILES string of the molecule is CCCCCCCCCCCC(=O)N[C@H]1[C@H](Oc2c3cc4cc2Oc2ccc(cc2Cl)[C@@H](O)[C@@H]2NC(=O)[C@H](NC(=O)[C@@H]4NC(=O)[C@H]4NC(=O)[C@@H](Cc5ccc(cc5)O3)NC(=O)[C@@H](NC)c3ccc(O)c(c3)Oc3cc(O)c(Cl)c4c3)c3ccc(O)c(c3)-c3c(O[C@H]4O[C@H](CO)[C@@H](O)[C@H](O)[C@@H]4O)cc(O)cc3[C@@H](C(=O)O)NC2=O)O[C@H](CO)[C@@H](O)[C@@H]1O. The number of aliphatic hydroxyl groups excluding tert-OH is 8. The Morgan fingerprint density at radius 2 is 1.12 bits per heavy atom. The van der Waals surface area contributed by atoms with Gasteiger partial charge in [0, 0.05) is 47.2 Å². The van der Waals surface area contributed by atoms with Gasteiger partial charge in [0.15, 0.2) is 29.0 Å². The lowest BCUT2D eigenvalue weighted by Gasteiger charge is -2.42. The number of hydrogen-bond acceptors (Lipinski definition) is 28. The fourth-order valence-corrected chi connectivity index (χ4v) is 15.7. The van der Waals surface area contributed by atoms with Gasteiger partial charge in [0.1, 0.15) is 131 Å². The van der Waals surface area contributed by atoms with E-state index >= 15 is 24.0 Å². The molecule has 8 aliphatic heterocycles. The zero-order chi connectivity index (χ0) is 86.5. The number of benzene rings is 7. The van der Waals surface area contributed by atoms with Gasteiger partial charge in [0.25, 0.3) is 0 Å². The molecule has 17 bridgehead atoms. The highest BCUT2D eigenvalue weighted by atomic mass is 35.5. The van der Waals surface area contributed by atoms with Gasteiger partial charge in [-0.3, -0.25) is 33.6 Å². The number of rotatable bonds is 19. The Labute approximate surface area is 699 Å². The summed E-state index contributed by atoms with van der Waals surface area (Å²) in [5.74, 6) is -16.9. The molecule has 7 aromatic rings. The first-order valence-electron chi connectivity index (χ1n) is 39.1. The van der Waals surface area contributed by atoms with Crippen LogP contribution in [0.2, 0.25) is 10.0 Å². The second-order valence-corrected chi connectivity index (χ2v) is 30.9. The van der Waals surface area contributed by atoms with Crippen molar-refractivity contribution in [3.8, 4) is 80.1 Å². The number of phenols is 4. The van der Waals surface area contributed by atoms with Crippen LogP contribution in [0.25, 0.3) is 11.1 Å². The molecule has 0 saturated carbocycles. The van der Waals surface area contributed by atoms with E-state index in [0.29, 0.717) is 18.4 Å². The fraction of sp³-hybridized carbons (Fsp3) is 0.398. The maximum absolute atomic E-state index is 16.7. The van der Waals surface area contributed by atoms with Crippen molar-refractivity contribution >= 4 is 70.5 Å². The molecule has 7 aromatic carbocycles. The maximum atomic E-state index is 16.7. The number of ether oxygens (including phenoxy) is 7. The van der Waals surface area contributed by atoms with Gasteiger partial charge in [0.2, 0.25) is 59.7 Å². The molecule has 0 radical (unpaired) electrons. The molecule has 0 unspecified atom stereocenters. The van der Waals surface area contributed by atoms with Gasteiger partial charge < -0.3 is 142 Å². The van der Waals surface area contributed by atoms with Crippen molar-refractivity contribution in [2.75, 3.05) is 20.3 Å². The van der Waals surface area contributed by atoms with Gasteiger partial charge in [0.05, 0.1) is 23.3 Å². The van der Waals surface area contributed by atoms with E-state index in [9.17, 15) is 80.8 Å². The van der Waals surface area contributed by atoms with Gasteiger partial charge in [-0.1, -0.05) is 112 Å². The van der Waals surface area contributed by atoms with Crippen LogP contribution >= 0.6 is 23.2 Å². The number of aromatic hydroxyl groups is 4. The second kappa shape index (κ2) is 37.7. The lowest BCUT2D eigenvalue weighted by atomic mass is 9.89. The summed E-state index contributed by atoms with van der Waals surface area (Å²) in [6.45, 7) is 0.189. The number of halogens is 2. The fourth-order valence-electron chi connectivity index (χ4n) is 15.3. The van der Waals surface area contributed by atoms with Crippen molar-refractivity contribution in [2.24, 2.45) is 0 Å². The summed E-state index contributed by atoms with van der Waals surface area (Å²) in [5, 5.41) is 168. The smallest absolute Gasteiger partial charge is 0.330 e. The summed E-state index contributed by atoms with van der Waals surface area (Å²) < 4.78 is 44.4. The average molecular weight is 1720 g/mol. The summed E-state index contributed by atoms with van der Waals surface area (Å²) in [6.07, 6.45) is -12.1. The number of likely N-dealkylation sites (N-methyl/N-ethyl adjacent to an activating group) is 1. The minimum Gasteiger partial charge on any atom is -0.508 e. The highest BCUT2D eigenvalue weighted by Crippen LogP contribution is 2.50. The highest BCUT2D eigenvalue weighted by Gasteiger charge is 2.50. The molecule has 8 aliphatic rings. The van der Waals surface area contributed by atoms with Crippen molar-refractivity contribution in [3.63, 3.8) is 0 Å². The third kappa shape index (κ3) is 19.1. The van der Waals surface area contributed by atoms with Crippen LogP contribution in [0.15, 0.2) is 115 Å². The Bertz CT molecular complexity index is 5080. The number of nitrogens with one attached hydrogen (secondary N) is 8. The number of hydrogen-bond donors (Lipinski definition) is 21. The lowest BCUT2D eigenvalue weighted by Crippen LogP contribution is -2.65. The molecule has 7 amide bonds. The number of carboxylic acid groups (broad SMARTS) is 1. The summed E-state index contributed by atoms with van der Waals surface area (Å²) in [6, 6.07) is 5.35. The molecule has 8 heterocycles. The molecule has 0 aliphatic carbocycles. The number of phenolic OH excluding ortho intramolecular Hbond substituents is 4. The molecule has 21 N–H and O–H groups in total. The van der Waals surface area contributed by atoms with Crippen LogP contribution in [0.3, 0.4) is 0 Å². The molecular weight excluding hydrogens is 1630 g/mol. The minimum absolute atomic E-state index is 0.0784. The number of fused-ring (bicyclic) bond motifs is 14. The van der Waals surface area contributed by atoms with Gasteiger partial charge in [-0.2, -0.15) is 0 Å². The Hall–Kier alpha value is -11.4. The van der Waals surface area contributed by atoms with Crippen molar-refractivity contribution in [3.05, 3.63) is 164 Å². The van der Waals surface area contributed by atoms with Crippen LogP contribution in [-0.2, 0) is 54.3 Å². The molecular formula is C83H90Cl2N8O28. The Balaban J connectivity index is 1.03. The summed E-state index contributed by atoms with van der Waals surface area (Å²) in [7, 11) is 1.43. The van der Waals surface area contributed by atoms with Gasteiger partial charge in [-0.05, 0) is 114 Å². The van der Waals surface area contributed by atoms with E-state index in [1.165, 1.54) is 49.5 Å². The Kier molecular flexibility index (Phi) is 27.3. The first-order valence-corrected chi connectivity index (χ1v) is 39.8. The van der Waals surface area contributed by atoms with Crippen LogP contribution in [0.1, 0.15) is 146 Å². The normalized spacial score (nSPS) is 26.6. The molecule has 38 heteroatoms. The lowest BCUT2D eigenvalue weighted by molar-refractivity contribution is -0.277. The first-order chi connectivity index (χ1) is 57.9. The predicted octanol–water partition coefficient (Wildman–Crippen LogP) is 4.24. The second-order valence-electron chi connectivity index (χ2n) is 30.1. The van der Waals surface area contributed by atoms with E-state index in [0.717, 1.165) is 118 Å². The topological polar surface area (TPSA) is 560 Å². The summed E-state index contributed by atoms with van der Waals surface area (Å²) in [5.41, 5.74) is -3.05. The number of aliphatic carboxylic acids is 1. The van der Waals surface area contributed by atoms with Crippen molar-refractivity contribution < 1.29 is 138 Å². The summed E-state index contributed by atoms with van der Waals surface area (Å²) >= 11 is 14.2. The number of aliphatic hydroxyl groups is 8. The van der Waals surface area contributed by atoms with Gasteiger partial charge in [-0.15, -0.1) is 0 Å². The molecule has 15 rings (SSSR count). The Morgan fingerprint density at radius 1 is 0.512 bits per heavy atom. The van der Waals surface area contributed by atoms with E-state index in [1.807, 2.05) is 0 Å². The molecule has 2 saturated heterocycles. The zero-order valence-electron chi connectivity index (χ0n) is 64.7. The van der Waals surface area contributed by atoms with Crippen LogP contribution in [0, 0.1) is 0 Å². The maximum Gasteiger partial charge on any atom is 0.330 e. The molecule has 18 atom stereocenters. The van der Waals surface area contributed by atoms with E-state index < -0.39 is 265 Å². The van der Waals surface area contributed by atoms with Gasteiger partial charge in [-0.25, -0.2) is 4.79 Å². The largest absolute Gasteiger partial charge is 0.508 e. The predicted molar refractivity (Wildman–Crippen MR) is 423 cm³/mol. The molecule has 121 heavy (non-hydrogen) atoms. The van der Waals surface area contributed by atoms with Crippen LogP contribution in [-0.4, -0.2) is 207 Å². The number of unbranched alkanes of at least 4 members (excludes halogenated alkanes) is 8. The summed E-state index contributed by atoms with van der Waals surface area (Å²) in [4.78, 5) is 123. The number of carboxylic acids is 1. The zero-order valence-corrected chi connectivity index (χ0v) is 66.3. The highest BCUT2D eigenvalue weighted by molar-refractivity contribution is 6.33. The third-order valence-corrected chi connectivity index (χ3v) is 22.5. The first kappa shape index (κ1) is 87.5. The Morgan fingerprint density at radius 3 is 1.79 bits per heavy atom. The number of amides is 7. The molecule has 644 valence electrons. The van der Waals surface area contributed by atoms with Crippen LogP contribution in [0.4, 0.5) is 0 Å². The van der Waals surface area contributed by atoms with E-state index in [4.69, 9.17) is 56.4 Å². The van der Waals surface area contributed by atoms with Gasteiger partial charge >= 0.3 is 5.97 Å². The molecule has 2 fully saturated rings. The molecule has 0 spiro atoms. The van der Waals surface area contributed by atoms with Crippen LogP contribution < -0.4 is 66.2 Å².